The van der Waals surface area contributed by atoms with Crippen LogP contribution in [0, 0.1) is 0 Å². The second-order valence-corrected chi connectivity index (χ2v) is 16.7. The first-order chi connectivity index (χ1) is 23.8. The van der Waals surface area contributed by atoms with E-state index >= 15 is 0 Å². The molecule has 49 heavy (non-hydrogen) atoms. The van der Waals surface area contributed by atoms with Gasteiger partial charge in [0.1, 0.15) is 0 Å². The molecule has 2 aromatic heterocycles. The van der Waals surface area contributed by atoms with E-state index in [0.717, 1.165) is 5.69 Å². The summed E-state index contributed by atoms with van der Waals surface area (Å²) in [4.78, 5) is 2.44. The molecule has 236 valence electrons. The Morgan fingerprint density at radius 2 is 1.08 bits per heavy atom. The molecule has 0 N–H and O–H groups in total. The minimum absolute atomic E-state index is 0.0882. The molecule has 2 heterocycles. The van der Waals surface area contributed by atoms with Gasteiger partial charge in [-0.3, -0.25) is 0 Å². The van der Waals surface area contributed by atoms with Crippen LogP contribution in [0.25, 0.3) is 62.2 Å². The largest absolute Gasteiger partial charge is 0.310 e. The topological polar surface area (TPSA) is 3.24 Å². The third-order valence-electron chi connectivity index (χ3n) is 11.6. The molecule has 0 saturated heterocycles. The number of para-hydroxylation sites is 1. The van der Waals surface area contributed by atoms with Gasteiger partial charge in [-0.1, -0.05) is 107 Å². The highest BCUT2D eigenvalue weighted by Crippen LogP contribution is 2.58. The molecule has 0 aliphatic heterocycles. The molecule has 1 aliphatic carbocycles. The van der Waals surface area contributed by atoms with Gasteiger partial charge in [0.2, 0.25) is 0 Å². The minimum atomic E-state index is -0.111. The average Bonchev–Trinajstić information content (AvgIpc) is 3.68. The van der Waals surface area contributed by atoms with E-state index in [0.29, 0.717) is 0 Å². The lowest BCUT2D eigenvalue weighted by atomic mass is 9.55. The molecule has 0 fully saturated rings. The monoisotopic (exact) mass is 665 g/mol. The molecule has 7 aromatic carbocycles. The molecule has 10 rings (SSSR count). The fourth-order valence-corrected chi connectivity index (χ4v) is 10.7. The van der Waals surface area contributed by atoms with Crippen molar-refractivity contribution in [3.05, 3.63) is 151 Å². The summed E-state index contributed by atoms with van der Waals surface area (Å²) in [5.41, 5.74) is 8.93. The standard InChI is InChI=1S/C46H35NS2/c1-45(2)38-22-21-34-36-24-28-12-8-9-13-29(28)25-42(36)49-44(34)43(38)35-20-18-32(27-39(35)46(45,3)4)47(30-14-6-5-7-15-30)31-19-23-41-37(26-31)33-16-10-11-17-40(33)48-41/h5-27H,1-4H3. The predicted molar refractivity (Wildman–Crippen MR) is 216 cm³/mol. The fourth-order valence-electron chi connectivity index (χ4n) is 8.27. The molecular formula is C46H35NS2. The highest BCUT2D eigenvalue weighted by Gasteiger charge is 2.46. The molecule has 1 aliphatic rings. The summed E-state index contributed by atoms with van der Waals surface area (Å²) in [6, 6.07) is 52.2. The van der Waals surface area contributed by atoms with E-state index in [1.165, 1.54) is 84.7 Å². The van der Waals surface area contributed by atoms with Crippen LogP contribution >= 0.6 is 22.7 Å². The molecule has 0 amide bonds. The van der Waals surface area contributed by atoms with Crippen molar-refractivity contribution in [3.8, 4) is 11.1 Å². The summed E-state index contributed by atoms with van der Waals surface area (Å²) in [6.07, 6.45) is 0. The van der Waals surface area contributed by atoms with Crippen molar-refractivity contribution in [2.45, 2.75) is 38.5 Å². The molecule has 9 aromatic rings. The number of benzene rings is 7. The van der Waals surface area contributed by atoms with Gasteiger partial charge in [-0.05, 0) is 99.0 Å². The number of hydrogen-bond acceptors (Lipinski definition) is 3. The molecule has 0 unspecified atom stereocenters. The Morgan fingerprint density at radius 3 is 1.92 bits per heavy atom. The van der Waals surface area contributed by atoms with E-state index in [4.69, 9.17) is 0 Å². The second-order valence-electron chi connectivity index (χ2n) is 14.6. The Hall–Kier alpha value is -4.96. The van der Waals surface area contributed by atoms with Gasteiger partial charge in [0.25, 0.3) is 0 Å². The maximum absolute atomic E-state index is 2.49. The number of hydrogen-bond donors (Lipinski definition) is 0. The van der Waals surface area contributed by atoms with Gasteiger partial charge in [-0.2, -0.15) is 0 Å². The minimum Gasteiger partial charge on any atom is -0.310 e. The number of anilines is 3. The maximum Gasteiger partial charge on any atom is 0.0468 e. The zero-order chi connectivity index (χ0) is 33.1. The maximum atomic E-state index is 2.49. The van der Waals surface area contributed by atoms with Crippen LogP contribution in [0.2, 0.25) is 0 Å². The summed E-state index contributed by atoms with van der Waals surface area (Å²) >= 11 is 3.82. The van der Waals surface area contributed by atoms with Crippen molar-refractivity contribution in [2.75, 3.05) is 4.90 Å². The first-order valence-corrected chi connectivity index (χ1v) is 18.7. The summed E-state index contributed by atoms with van der Waals surface area (Å²) in [5.74, 6) is 0. The molecule has 0 spiro atoms. The number of rotatable bonds is 3. The second kappa shape index (κ2) is 10.3. The Bertz CT molecular complexity index is 2780. The fraction of sp³-hybridized carbons (Fsp3) is 0.130. The first kappa shape index (κ1) is 29.0. The highest BCUT2D eigenvalue weighted by molar-refractivity contribution is 7.26. The zero-order valence-electron chi connectivity index (χ0n) is 28.0. The Morgan fingerprint density at radius 1 is 0.429 bits per heavy atom. The smallest absolute Gasteiger partial charge is 0.0468 e. The van der Waals surface area contributed by atoms with Crippen molar-refractivity contribution in [3.63, 3.8) is 0 Å². The van der Waals surface area contributed by atoms with E-state index in [2.05, 4.69) is 172 Å². The van der Waals surface area contributed by atoms with Crippen LogP contribution in [0.5, 0.6) is 0 Å². The molecular weight excluding hydrogens is 631 g/mol. The first-order valence-electron chi connectivity index (χ1n) is 17.1. The van der Waals surface area contributed by atoms with Gasteiger partial charge >= 0.3 is 0 Å². The van der Waals surface area contributed by atoms with E-state index < -0.39 is 0 Å². The van der Waals surface area contributed by atoms with Crippen LogP contribution in [0.4, 0.5) is 17.1 Å². The van der Waals surface area contributed by atoms with Gasteiger partial charge in [-0.15, -0.1) is 22.7 Å². The molecule has 3 heteroatoms. The summed E-state index contributed by atoms with van der Waals surface area (Å²) in [6.45, 7) is 9.77. The number of thiophene rings is 2. The van der Waals surface area contributed by atoms with E-state index in [1.54, 1.807) is 0 Å². The SMILES string of the molecule is CC1(C)c2cc(N(c3ccccc3)c3ccc4sc5ccccc5c4c3)ccc2-c2c(ccc3c2sc2cc4ccccc4cc23)C1(C)C. The van der Waals surface area contributed by atoms with Crippen LogP contribution in [0.1, 0.15) is 38.8 Å². The molecule has 0 atom stereocenters. The van der Waals surface area contributed by atoms with Crippen LogP contribution in [0.3, 0.4) is 0 Å². The number of fused-ring (bicyclic) bond motifs is 11. The molecule has 0 bridgehead atoms. The third-order valence-corrected chi connectivity index (χ3v) is 13.9. The summed E-state index contributed by atoms with van der Waals surface area (Å²) in [7, 11) is 0. The third kappa shape index (κ3) is 4.10. The Kier molecular flexibility index (Phi) is 6.08. The van der Waals surface area contributed by atoms with E-state index in [-0.39, 0.29) is 10.8 Å². The van der Waals surface area contributed by atoms with Gasteiger partial charge in [0.15, 0.2) is 0 Å². The van der Waals surface area contributed by atoms with Crippen molar-refractivity contribution >= 4 is 90.9 Å². The van der Waals surface area contributed by atoms with Crippen molar-refractivity contribution in [2.24, 2.45) is 0 Å². The predicted octanol–water partition coefficient (Wildman–Crippen LogP) is 14.3. The van der Waals surface area contributed by atoms with E-state index in [9.17, 15) is 0 Å². The normalized spacial score (nSPS) is 14.9. The number of nitrogens with zero attached hydrogens (tertiary/aromatic N) is 1. The van der Waals surface area contributed by atoms with Gasteiger partial charge in [-0.25, -0.2) is 0 Å². The Balaban J connectivity index is 1.22. The summed E-state index contributed by atoms with van der Waals surface area (Å²) in [5, 5.41) is 7.95. The van der Waals surface area contributed by atoms with Crippen LogP contribution in [0.15, 0.2) is 140 Å². The lowest BCUT2D eigenvalue weighted by molar-refractivity contribution is 0.299. The zero-order valence-corrected chi connectivity index (χ0v) is 29.7. The van der Waals surface area contributed by atoms with Gasteiger partial charge in [0.05, 0.1) is 0 Å². The van der Waals surface area contributed by atoms with Crippen LogP contribution in [-0.2, 0) is 10.8 Å². The van der Waals surface area contributed by atoms with Crippen LogP contribution in [-0.4, -0.2) is 0 Å². The van der Waals surface area contributed by atoms with Gasteiger partial charge < -0.3 is 4.90 Å². The van der Waals surface area contributed by atoms with Crippen molar-refractivity contribution in [1.82, 2.24) is 0 Å². The average molecular weight is 666 g/mol. The van der Waals surface area contributed by atoms with Crippen molar-refractivity contribution < 1.29 is 0 Å². The highest BCUT2D eigenvalue weighted by atomic mass is 32.1. The van der Waals surface area contributed by atoms with Gasteiger partial charge in [0, 0.05) is 63.0 Å². The van der Waals surface area contributed by atoms with Crippen molar-refractivity contribution in [1.29, 1.82) is 0 Å². The lowest BCUT2D eigenvalue weighted by Crippen LogP contribution is -2.43. The van der Waals surface area contributed by atoms with E-state index in [1.807, 2.05) is 22.7 Å². The summed E-state index contributed by atoms with van der Waals surface area (Å²) < 4.78 is 5.41. The Labute approximate surface area is 294 Å². The van der Waals surface area contributed by atoms with Crippen LogP contribution < -0.4 is 4.90 Å². The molecule has 0 saturated carbocycles. The molecule has 1 nitrogen and oxygen atoms in total. The molecule has 0 radical (unpaired) electrons. The lowest BCUT2D eigenvalue weighted by Gasteiger charge is -2.48. The quantitative estimate of drug-likeness (QED) is 0.182.